The van der Waals surface area contributed by atoms with Gasteiger partial charge in [0, 0.05) is 45.2 Å². The van der Waals surface area contributed by atoms with E-state index in [-0.39, 0.29) is 18.1 Å². The molecule has 2 N–H and O–H groups in total. The second-order valence-corrected chi connectivity index (χ2v) is 7.16. The minimum atomic E-state index is -0.286. The summed E-state index contributed by atoms with van der Waals surface area (Å²) in [6.45, 7) is 10.5. The molecule has 25 heavy (non-hydrogen) atoms. The van der Waals surface area contributed by atoms with Crippen LogP contribution >= 0.6 is 0 Å². The number of aliphatic hydroxyl groups is 1. The van der Waals surface area contributed by atoms with Crippen molar-refractivity contribution in [2.24, 2.45) is 0 Å². The molecule has 1 saturated heterocycles. The van der Waals surface area contributed by atoms with Gasteiger partial charge in [0.15, 0.2) is 0 Å². The fourth-order valence-electron chi connectivity index (χ4n) is 3.53. The standard InChI is InChI=1S/C20H33N3O2/c1-4-19-15-22(12-13-23(19)14-16(2)24)11-10-20(25)21-17(3)18-8-6-5-7-9-18/h5-9,16-17,19,24H,4,10-15H2,1-3H3,(H,21,25)/t16-,17+,19-/m1/s1. The van der Waals surface area contributed by atoms with Gasteiger partial charge < -0.3 is 10.4 Å². The molecule has 0 aromatic heterocycles. The van der Waals surface area contributed by atoms with Crippen molar-refractivity contribution < 1.29 is 9.90 Å². The lowest BCUT2D eigenvalue weighted by Gasteiger charge is -2.41. The molecule has 1 aromatic rings. The quantitative estimate of drug-likeness (QED) is 0.755. The Kier molecular flexibility index (Phi) is 7.88. The maximum absolute atomic E-state index is 12.2. The predicted molar refractivity (Wildman–Crippen MR) is 101 cm³/mol. The molecule has 1 heterocycles. The van der Waals surface area contributed by atoms with Gasteiger partial charge in [-0.3, -0.25) is 14.6 Å². The number of piperazine rings is 1. The fourth-order valence-corrected chi connectivity index (χ4v) is 3.53. The highest BCUT2D eigenvalue weighted by Gasteiger charge is 2.26. The van der Waals surface area contributed by atoms with Crippen molar-refractivity contribution in [3.8, 4) is 0 Å². The van der Waals surface area contributed by atoms with Crippen LogP contribution in [0.2, 0.25) is 0 Å². The number of rotatable bonds is 8. The molecular weight excluding hydrogens is 314 g/mol. The van der Waals surface area contributed by atoms with Crippen molar-refractivity contribution in [2.45, 2.75) is 51.8 Å². The molecule has 1 fully saturated rings. The van der Waals surface area contributed by atoms with Crippen LogP contribution < -0.4 is 5.32 Å². The van der Waals surface area contributed by atoms with Gasteiger partial charge in [-0.2, -0.15) is 0 Å². The second-order valence-electron chi connectivity index (χ2n) is 7.16. The van der Waals surface area contributed by atoms with E-state index in [0.717, 1.165) is 44.7 Å². The monoisotopic (exact) mass is 347 g/mol. The molecule has 1 aromatic carbocycles. The summed E-state index contributed by atoms with van der Waals surface area (Å²) in [5, 5.41) is 12.7. The minimum Gasteiger partial charge on any atom is -0.392 e. The number of nitrogens with one attached hydrogen (secondary N) is 1. The largest absolute Gasteiger partial charge is 0.392 e. The van der Waals surface area contributed by atoms with E-state index in [2.05, 4.69) is 22.0 Å². The molecule has 0 bridgehead atoms. The zero-order valence-corrected chi connectivity index (χ0v) is 15.8. The lowest BCUT2D eigenvalue weighted by atomic mass is 10.1. The van der Waals surface area contributed by atoms with Crippen LogP contribution in [-0.4, -0.2) is 65.7 Å². The molecule has 1 amide bonds. The van der Waals surface area contributed by atoms with Gasteiger partial charge in [0.25, 0.3) is 0 Å². The van der Waals surface area contributed by atoms with E-state index in [9.17, 15) is 9.90 Å². The molecule has 3 atom stereocenters. The average Bonchev–Trinajstić information content (AvgIpc) is 2.61. The average molecular weight is 348 g/mol. The van der Waals surface area contributed by atoms with Crippen molar-refractivity contribution >= 4 is 5.91 Å². The molecule has 5 heteroatoms. The Morgan fingerprint density at radius 3 is 2.64 bits per heavy atom. The number of β-amino-alcohol motifs (C(OH)–C–C–N with tert-alkyl or cyclic N) is 1. The van der Waals surface area contributed by atoms with E-state index in [1.807, 2.05) is 44.2 Å². The third-order valence-corrected chi connectivity index (χ3v) is 4.99. The van der Waals surface area contributed by atoms with Crippen molar-refractivity contribution in [1.29, 1.82) is 0 Å². The summed E-state index contributed by atoms with van der Waals surface area (Å²) in [5.41, 5.74) is 1.13. The third-order valence-electron chi connectivity index (χ3n) is 4.99. The van der Waals surface area contributed by atoms with E-state index in [1.165, 1.54) is 0 Å². The highest BCUT2D eigenvalue weighted by Crippen LogP contribution is 2.14. The lowest BCUT2D eigenvalue weighted by Crippen LogP contribution is -2.54. The maximum Gasteiger partial charge on any atom is 0.221 e. The molecule has 2 rings (SSSR count). The number of hydrogen-bond acceptors (Lipinski definition) is 4. The summed E-state index contributed by atoms with van der Waals surface area (Å²) in [7, 11) is 0. The molecule has 0 radical (unpaired) electrons. The molecule has 0 unspecified atom stereocenters. The van der Waals surface area contributed by atoms with Crippen molar-refractivity contribution in [1.82, 2.24) is 15.1 Å². The number of carbonyl (C=O) groups is 1. The molecule has 5 nitrogen and oxygen atoms in total. The summed E-state index contributed by atoms with van der Waals surface area (Å²) >= 11 is 0. The molecule has 0 saturated carbocycles. The van der Waals surface area contributed by atoms with E-state index < -0.39 is 0 Å². The van der Waals surface area contributed by atoms with Gasteiger partial charge in [-0.25, -0.2) is 0 Å². The van der Waals surface area contributed by atoms with Gasteiger partial charge in [-0.05, 0) is 25.8 Å². The van der Waals surface area contributed by atoms with E-state index in [1.54, 1.807) is 0 Å². The molecule has 0 aliphatic carbocycles. The number of aliphatic hydroxyl groups excluding tert-OH is 1. The Bertz CT molecular complexity index is 521. The van der Waals surface area contributed by atoms with Crippen LogP contribution in [0.4, 0.5) is 0 Å². The van der Waals surface area contributed by atoms with Gasteiger partial charge in [0.1, 0.15) is 0 Å². The Labute approximate surface area is 152 Å². The number of carbonyl (C=O) groups excluding carboxylic acids is 1. The summed E-state index contributed by atoms with van der Waals surface area (Å²) in [6.07, 6.45) is 1.32. The van der Waals surface area contributed by atoms with Gasteiger partial charge in [-0.15, -0.1) is 0 Å². The van der Waals surface area contributed by atoms with Crippen molar-refractivity contribution in [3.63, 3.8) is 0 Å². The van der Waals surface area contributed by atoms with Gasteiger partial charge >= 0.3 is 0 Å². The maximum atomic E-state index is 12.2. The zero-order chi connectivity index (χ0) is 18.2. The number of hydrogen-bond donors (Lipinski definition) is 2. The van der Waals surface area contributed by atoms with Crippen molar-refractivity contribution in [2.75, 3.05) is 32.7 Å². The lowest BCUT2D eigenvalue weighted by molar-refractivity contribution is -0.122. The van der Waals surface area contributed by atoms with Crippen LogP contribution in [0.5, 0.6) is 0 Å². The molecule has 140 valence electrons. The fraction of sp³-hybridized carbons (Fsp3) is 0.650. The van der Waals surface area contributed by atoms with Crippen molar-refractivity contribution in [3.05, 3.63) is 35.9 Å². The van der Waals surface area contributed by atoms with Gasteiger partial charge in [0.2, 0.25) is 5.91 Å². The van der Waals surface area contributed by atoms with Crippen LogP contribution in [0, 0.1) is 0 Å². The molecule has 1 aliphatic heterocycles. The first-order chi connectivity index (χ1) is 12.0. The van der Waals surface area contributed by atoms with Crippen LogP contribution in [-0.2, 0) is 4.79 Å². The zero-order valence-electron chi connectivity index (χ0n) is 15.8. The van der Waals surface area contributed by atoms with Crippen LogP contribution in [0.3, 0.4) is 0 Å². The molecular formula is C20H33N3O2. The Morgan fingerprint density at radius 2 is 2.00 bits per heavy atom. The molecule has 0 spiro atoms. The van der Waals surface area contributed by atoms with E-state index in [4.69, 9.17) is 0 Å². The molecule has 1 aliphatic rings. The smallest absolute Gasteiger partial charge is 0.221 e. The number of nitrogens with zero attached hydrogens (tertiary/aromatic N) is 2. The number of benzene rings is 1. The first-order valence-electron chi connectivity index (χ1n) is 9.48. The first kappa shape index (κ1) is 19.9. The van der Waals surface area contributed by atoms with Crippen LogP contribution in [0.1, 0.15) is 45.2 Å². The minimum absolute atomic E-state index is 0.0416. The normalized spacial score (nSPS) is 21.7. The first-order valence-corrected chi connectivity index (χ1v) is 9.48. The second kappa shape index (κ2) is 9.90. The highest BCUT2D eigenvalue weighted by atomic mass is 16.3. The Hall–Kier alpha value is -1.43. The Balaban J connectivity index is 1.75. The highest BCUT2D eigenvalue weighted by molar-refractivity contribution is 5.76. The van der Waals surface area contributed by atoms with Crippen LogP contribution in [0.15, 0.2) is 30.3 Å². The predicted octanol–water partition coefficient (Wildman–Crippen LogP) is 2.03. The van der Waals surface area contributed by atoms with Crippen LogP contribution in [0.25, 0.3) is 0 Å². The summed E-state index contributed by atoms with van der Waals surface area (Å²) in [5.74, 6) is 0.107. The SMILES string of the molecule is CC[C@@H]1CN(CCC(=O)N[C@@H](C)c2ccccc2)CCN1C[C@@H](C)O. The summed E-state index contributed by atoms with van der Waals surface area (Å²) in [6, 6.07) is 10.6. The van der Waals surface area contributed by atoms with E-state index in [0.29, 0.717) is 12.5 Å². The topological polar surface area (TPSA) is 55.8 Å². The Morgan fingerprint density at radius 1 is 1.28 bits per heavy atom. The summed E-state index contributed by atoms with van der Waals surface area (Å²) < 4.78 is 0. The third kappa shape index (κ3) is 6.42. The van der Waals surface area contributed by atoms with Gasteiger partial charge in [0.05, 0.1) is 12.1 Å². The number of amides is 1. The van der Waals surface area contributed by atoms with E-state index >= 15 is 0 Å². The van der Waals surface area contributed by atoms with Gasteiger partial charge in [-0.1, -0.05) is 37.3 Å². The summed E-state index contributed by atoms with van der Waals surface area (Å²) in [4.78, 5) is 17.0.